The second-order valence-electron chi connectivity index (χ2n) is 5.95. The molecule has 0 saturated heterocycles. The summed E-state index contributed by atoms with van der Waals surface area (Å²) in [6, 6.07) is 8.90. The third-order valence-corrected chi connectivity index (χ3v) is 4.05. The van der Waals surface area contributed by atoms with Gasteiger partial charge in [-0.25, -0.2) is 0 Å². The van der Waals surface area contributed by atoms with E-state index in [1.54, 1.807) is 12.4 Å². The highest BCUT2D eigenvalue weighted by molar-refractivity contribution is 5.83. The highest BCUT2D eigenvalue weighted by Gasteiger charge is 2.22. The molecule has 0 radical (unpaired) electrons. The molecule has 2 aromatic rings. The Bertz CT molecular complexity index is 749. The minimum absolute atomic E-state index is 0.102. The second-order valence-corrected chi connectivity index (χ2v) is 5.95. The fraction of sp³-hybridized carbons (Fsp3) is 0.300. The number of carbonyl (C=O) groups is 1. The average Bonchev–Trinajstić information content (AvgIpc) is 2.70. The molecule has 1 atom stereocenters. The first-order chi connectivity index (χ1) is 12.8. The van der Waals surface area contributed by atoms with Crippen molar-refractivity contribution < 1.29 is 14.3 Å². The van der Waals surface area contributed by atoms with Crippen molar-refractivity contribution in [2.75, 3.05) is 19.8 Å². The van der Waals surface area contributed by atoms with Crippen LogP contribution in [0.2, 0.25) is 0 Å². The van der Waals surface area contributed by atoms with Crippen LogP contribution in [-0.4, -0.2) is 30.6 Å². The van der Waals surface area contributed by atoms with E-state index in [1.165, 1.54) is 0 Å². The largest absolute Gasteiger partial charge is 0.486 e. The molecule has 0 saturated carbocycles. The molecule has 26 heavy (non-hydrogen) atoms. The van der Waals surface area contributed by atoms with E-state index < -0.39 is 6.04 Å². The zero-order valence-electron chi connectivity index (χ0n) is 14.6. The van der Waals surface area contributed by atoms with E-state index in [0.29, 0.717) is 37.8 Å². The molecule has 2 heterocycles. The number of amides is 1. The molecule has 1 aromatic carbocycles. The van der Waals surface area contributed by atoms with E-state index in [1.807, 2.05) is 36.4 Å². The normalized spacial score (nSPS) is 13.7. The lowest BCUT2D eigenvalue weighted by molar-refractivity contribution is -0.123. The number of nitrogens with zero attached hydrogens (tertiary/aromatic N) is 1. The number of aromatic nitrogens is 1. The lowest BCUT2D eigenvalue weighted by Gasteiger charge is -2.22. The van der Waals surface area contributed by atoms with Crippen LogP contribution in [0.1, 0.15) is 23.6 Å². The van der Waals surface area contributed by atoms with Crippen LogP contribution < -0.4 is 20.1 Å². The molecule has 1 aliphatic rings. The lowest BCUT2D eigenvalue weighted by atomic mass is 10.0. The van der Waals surface area contributed by atoms with Gasteiger partial charge in [0.05, 0.1) is 0 Å². The van der Waals surface area contributed by atoms with Gasteiger partial charge in [0.15, 0.2) is 11.5 Å². The summed E-state index contributed by atoms with van der Waals surface area (Å²) in [5.41, 5.74) is 1.79. The van der Waals surface area contributed by atoms with Gasteiger partial charge in [0.25, 0.3) is 0 Å². The maximum Gasteiger partial charge on any atom is 0.242 e. The van der Waals surface area contributed by atoms with Crippen LogP contribution in [0.4, 0.5) is 0 Å². The molecule has 2 N–H and O–H groups in total. The molecule has 0 aliphatic carbocycles. The molecule has 0 fully saturated rings. The topological polar surface area (TPSA) is 72.5 Å². The van der Waals surface area contributed by atoms with Crippen LogP contribution in [0.25, 0.3) is 0 Å². The highest BCUT2D eigenvalue weighted by atomic mass is 16.6. The first-order valence-electron chi connectivity index (χ1n) is 8.68. The third-order valence-electron chi connectivity index (χ3n) is 4.05. The van der Waals surface area contributed by atoms with Gasteiger partial charge in [0.1, 0.15) is 19.3 Å². The Morgan fingerprint density at radius 3 is 2.88 bits per heavy atom. The number of ether oxygens (including phenoxy) is 2. The van der Waals surface area contributed by atoms with Gasteiger partial charge in [-0.15, -0.1) is 6.58 Å². The van der Waals surface area contributed by atoms with E-state index in [4.69, 9.17) is 9.47 Å². The fourth-order valence-corrected chi connectivity index (χ4v) is 2.73. The van der Waals surface area contributed by atoms with Crippen LogP contribution in [0, 0.1) is 0 Å². The zero-order chi connectivity index (χ0) is 18.2. The van der Waals surface area contributed by atoms with Crippen molar-refractivity contribution in [3.8, 4) is 11.5 Å². The van der Waals surface area contributed by atoms with Crippen molar-refractivity contribution in [2.45, 2.75) is 19.0 Å². The van der Waals surface area contributed by atoms with Gasteiger partial charge < -0.3 is 20.1 Å². The Morgan fingerprint density at radius 2 is 2.12 bits per heavy atom. The van der Waals surface area contributed by atoms with Gasteiger partial charge in [-0.2, -0.15) is 0 Å². The first kappa shape index (κ1) is 17.9. The molecular weight excluding hydrogens is 330 g/mol. The highest BCUT2D eigenvalue weighted by Crippen LogP contribution is 2.32. The van der Waals surface area contributed by atoms with Crippen molar-refractivity contribution >= 4 is 5.91 Å². The van der Waals surface area contributed by atoms with E-state index in [9.17, 15) is 4.79 Å². The molecule has 0 bridgehead atoms. The standard InChI is InChI=1S/C20H23N3O3/c1-2-3-9-22-19(20(24)23-14-15-5-4-8-21-13-15)16-6-7-17-18(12-16)26-11-10-25-17/h2,4-8,12-13,19,22H,1,3,9-11,14H2,(H,23,24). The summed E-state index contributed by atoms with van der Waals surface area (Å²) in [4.78, 5) is 16.9. The smallest absolute Gasteiger partial charge is 0.242 e. The minimum atomic E-state index is -0.484. The maximum absolute atomic E-state index is 12.8. The van der Waals surface area contributed by atoms with Gasteiger partial charge >= 0.3 is 0 Å². The summed E-state index contributed by atoms with van der Waals surface area (Å²) in [6.07, 6.45) is 6.04. The van der Waals surface area contributed by atoms with E-state index >= 15 is 0 Å². The number of nitrogens with one attached hydrogen (secondary N) is 2. The number of carbonyl (C=O) groups excluding carboxylic acids is 1. The monoisotopic (exact) mass is 353 g/mol. The van der Waals surface area contributed by atoms with Gasteiger partial charge in [-0.05, 0) is 42.3 Å². The SMILES string of the molecule is C=CCCNC(C(=O)NCc1cccnc1)c1ccc2c(c1)OCCO2. The molecule has 1 unspecified atom stereocenters. The fourth-order valence-electron chi connectivity index (χ4n) is 2.73. The van der Waals surface area contributed by atoms with E-state index in [0.717, 1.165) is 17.5 Å². The molecule has 1 amide bonds. The molecule has 3 rings (SSSR count). The number of hydrogen-bond donors (Lipinski definition) is 2. The van der Waals surface area contributed by atoms with Crippen LogP contribution in [0.3, 0.4) is 0 Å². The molecule has 1 aromatic heterocycles. The molecule has 1 aliphatic heterocycles. The summed E-state index contributed by atoms with van der Waals surface area (Å²) in [6.45, 7) is 5.86. The van der Waals surface area contributed by atoms with Crippen molar-refractivity contribution in [1.29, 1.82) is 0 Å². The summed E-state index contributed by atoms with van der Waals surface area (Å²) >= 11 is 0. The average molecular weight is 353 g/mol. The Hall–Kier alpha value is -2.86. The van der Waals surface area contributed by atoms with Gasteiger partial charge in [0.2, 0.25) is 5.91 Å². The number of pyridine rings is 1. The van der Waals surface area contributed by atoms with Crippen LogP contribution in [-0.2, 0) is 11.3 Å². The minimum Gasteiger partial charge on any atom is -0.486 e. The molecule has 6 nitrogen and oxygen atoms in total. The second kappa shape index (κ2) is 9.01. The maximum atomic E-state index is 12.8. The Balaban J connectivity index is 1.73. The zero-order valence-corrected chi connectivity index (χ0v) is 14.6. The summed E-state index contributed by atoms with van der Waals surface area (Å²) in [5.74, 6) is 1.28. The third kappa shape index (κ3) is 4.61. The number of rotatable bonds is 8. The Morgan fingerprint density at radius 1 is 1.27 bits per heavy atom. The quantitative estimate of drug-likeness (QED) is 0.563. The van der Waals surface area contributed by atoms with Crippen molar-refractivity contribution in [3.05, 3.63) is 66.5 Å². The van der Waals surface area contributed by atoms with Gasteiger partial charge in [0, 0.05) is 18.9 Å². The van der Waals surface area contributed by atoms with E-state index in [2.05, 4.69) is 22.2 Å². The van der Waals surface area contributed by atoms with Crippen LogP contribution in [0.5, 0.6) is 11.5 Å². The summed E-state index contributed by atoms with van der Waals surface area (Å²) in [7, 11) is 0. The van der Waals surface area contributed by atoms with Gasteiger partial charge in [-0.1, -0.05) is 18.2 Å². The number of hydrogen-bond acceptors (Lipinski definition) is 5. The predicted octanol–water partition coefficient (Wildman–Crippen LogP) is 2.38. The molecular formula is C20H23N3O3. The number of benzene rings is 1. The van der Waals surface area contributed by atoms with Crippen molar-refractivity contribution in [2.24, 2.45) is 0 Å². The number of fused-ring (bicyclic) bond motifs is 1. The summed E-state index contributed by atoms with van der Waals surface area (Å²) in [5, 5.41) is 6.25. The first-order valence-corrected chi connectivity index (χ1v) is 8.68. The Labute approximate surface area is 153 Å². The molecule has 6 heteroatoms. The molecule has 136 valence electrons. The lowest BCUT2D eigenvalue weighted by Crippen LogP contribution is -2.37. The van der Waals surface area contributed by atoms with Crippen LogP contribution in [0.15, 0.2) is 55.4 Å². The van der Waals surface area contributed by atoms with Crippen molar-refractivity contribution in [1.82, 2.24) is 15.6 Å². The van der Waals surface area contributed by atoms with Gasteiger partial charge in [-0.3, -0.25) is 9.78 Å². The van der Waals surface area contributed by atoms with E-state index in [-0.39, 0.29) is 5.91 Å². The molecule has 0 spiro atoms. The summed E-state index contributed by atoms with van der Waals surface area (Å²) < 4.78 is 11.2. The predicted molar refractivity (Wildman–Crippen MR) is 99.1 cm³/mol. The Kier molecular flexibility index (Phi) is 6.22. The van der Waals surface area contributed by atoms with Crippen LogP contribution >= 0.6 is 0 Å². The van der Waals surface area contributed by atoms with Crippen molar-refractivity contribution in [3.63, 3.8) is 0 Å².